The van der Waals surface area contributed by atoms with E-state index in [4.69, 9.17) is 20.2 Å². The molecule has 4 aliphatic rings. The molecule has 314 valence electrons. The first-order valence-electron chi connectivity index (χ1n) is 22.0. The summed E-state index contributed by atoms with van der Waals surface area (Å²) in [5.74, 6) is 2.13. The second kappa shape index (κ2) is 16.7. The number of likely N-dealkylation sites (tertiary alicyclic amines) is 1. The number of nitrogens with two attached hydrogens (primary N) is 1. The summed E-state index contributed by atoms with van der Waals surface area (Å²) in [5, 5.41) is 12.3. The number of rotatable bonds is 11. The summed E-state index contributed by atoms with van der Waals surface area (Å²) >= 11 is 0. The molecular formula is C48H64N8O3. The van der Waals surface area contributed by atoms with Crippen molar-refractivity contribution >= 4 is 29.0 Å². The predicted molar refractivity (Wildman–Crippen MR) is 235 cm³/mol. The normalized spacial score (nSPS) is 25.6. The molecule has 2 aromatic heterocycles. The van der Waals surface area contributed by atoms with Crippen LogP contribution in [0.25, 0.3) is 5.65 Å². The lowest BCUT2D eigenvalue weighted by Crippen LogP contribution is -2.38. The Morgan fingerprint density at radius 2 is 1.78 bits per heavy atom. The van der Waals surface area contributed by atoms with Crippen LogP contribution in [0.5, 0.6) is 5.75 Å². The lowest BCUT2D eigenvalue weighted by molar-refractivity contribution is -0.121. The molecule has 2 aliphatic carbocycles. The number of piperidine rings is 2. The molecule has 0 bridgehead atoms. The van der Waals surface area contributed by atoms with Crippen LogP contribution in [0.1, 0.15) is 122 Å². The number of methoxy groups -OCH3 is 1. The van der Waals surface area contributed by atoms with E-state index in [2.05, 4.69) is 107 Å². The number of nitrogens with one attached hydrogen (secondary N) is 1. The van der Waals surface area contributed by atoms with Gasteiger partial charge in [0.2, 0.25) is 11.9 Å². The van der Waals surface area contributed by atoms with Gasteiger partial charge in [-0.05, 0) is 111 Å². The number of anilines is 1. The Balaban J connectivity index is 0.978. The van der Waals surface area contributed by atoms with Gasteiger partial charge in [-0.3, -0.25) is 14.1 Å². The van der Waals surface area contributed by atoms with Crippen molar-refractivity contribution in [3.05, 3.63) is 95.3 Å². The van der Waals surface area contributed by atoms with Crippen LogP contribution in [-0.4, -0.2) is 70.1 Å². The molecular weight excluding hydrogens is 737 g/mol. The van der Waals surface area contributed by atoms with Crippen LogP contribution < -0.4 is 20.7 Å². The number of nitrogens with zero attached hydrogens (tertiary/aromatic N) is 6. The van der Waals surface area contributed by atoms with Crippen LogP contribution in [0.2, 0.25) is 0 Å². The Kier molecular flexibility index (Phi) is 11.6. The molecule has 1 spiro atoms. The number of ether oxygens (including phenoxy) is 2. The van der Waals surface area contributed by atoms with Crippen LogP contribution in [0.3, 0.4) is 0 Å². The summed E-state index contributed by atoms with van der Waals surface area (Å²) in [6.07, 6.45) is 14.0. The Morgan fingerprint density at radius 1 is 1.00 bits per heavy atom. The van der Waals surface area contributed by atoms with E-state index >= 15 is 0 Å². The second-order valence-corrected chi connectivity index (χ2v) is 18.7. The van der Waals surface area contributed by atoms with E-state index in [-0.39, 0.29) is 28.3 Å². The highest BCUT2D eigenvalue weighted by atomic mass is 16.5. The number of carbonyl (C=O) groups is 1. The lowest BCUT2D eigenvalue weighted by atomic mass is 9.72. The molecule has 11 heteroatoms. The Morgan fingerprint density at radius 3 is 2.51 bits per heavy atom. The summed E-state index contributed by atoms with van der Waals surface area (Å²) in [4.78, 5) is 24.0. The minimum absolute atomic E-state index is 0.0338. The Bertz CT molecular complexity index is 2180. The van der Waals surface area contributed by atoms with Crippen molar-refractivity contribution < 1.29 is 14.3 Å². The highest BCUT2D eigenvalue weighted by Crippen LogP contribution is 2.73. The number of amides is 1. The molecule has 4 atom stereocenters. The van der Waals surface area contributed by atoms with E-state index in [0.29, 0.717) is 30.1 Å². The number of pyridine rings is 1. The molecule has 1 saturated carbocycles. The lowest BCUT2D eigenvalue weighted by Gasteiger charge is -2.36. The summed E-state index contributed by atoms with van der Waals surface area (Å²) < 4.78 is 14.5. The largest absolute Gasteiger partial charge is 0.484 e. The molecule has 0 radical (unpaired) electrons. The number of hydrogen-bond acceptors (Lipinski definition) is 9. The monoisotopic (exact) mass is 801 g/mol. The van der Waals surface area contributed by atoms with Crippen LogP contribution in [-0.2, 0) is 21.5 Å². The van der Waals surface area contributed by atoms with Crippen LogP contribution in [0, 0.1) is 10.8 Å². The van der Waals surface area contributed by atoms with Gasteiger partial charge < -0.3 is 25.4 Å². The van der Waals surface area contributed by atoms with Gasteiger partial charge in [0, 0.05) is 68.4 Å². The van der Waals surface area contributed by atoms with Crippen molar-refractivity contribution in [3.8, 4) is 5.75 Å². The molecule has 2 aliphatic heterocycles. The molecule has 3 N–H and O–H groups in total. The first kappa shape index (κ1) is 41.0. The summed E-state index contributed by atoms with van der Waals surface area (Å²) in [5.41, 5.74) is 12.1. The number of carbonyl (C=O) groups excluding carboxylic acids is 1. The molecule has 4 aromatic rings. The number of benzene rings is 2. The smallest absolute Gasteiger partial charge is 0.232 e. The number of amidine groups is 1. The maximum absolute atomic E-state index is 14.2. The average molecular weight is 801 g/mol. The van der Waals surface area contributed by atoms with E-state index in [0.717, 1.165) is 94.2 Å². The van der Waals surface area contributed by atoms with Crippen molar-refractivity contribution in [3.63, 3.8) is 0 Å². The average Bonchev–Trinajstić information content (AvgIpc) is 3.65. The van der Waals surface area contributed by atoms with Crippen molar-refractivity contribution in [1.29, 1.82) is 0 Å². The van der Waals surface area contributed by atoms with Crippen molar-refractivity contribution in [2.75, 3.05) is 31.6 Å². The number of allylic oxidation sites excluding steroid dienone is 1. The zero-order valence-electron chi connectivity index (χ0n) is 36.0. The van der Waals surface area contributed by atoms with Gasteiger partial charge in [0.25, 0.3) is 0 Å². The van der Waals surface area contributed by atoms with E-state index in [1.165, 1.54) is 29.5 Å². The second-order valence-electron chi connectivity index (χ2n) is 18.7. The number of fused-ring (bicyclic) bond motifs is 3. The fraction of sp³-hybridized carbons (Fsp3) is 0.542. The topological polar surface area (TPSA) is 123 Å². The zero-order chi connectivity index (χ0) is 41.4. The SMILES string of the molecule is CCC1(CC(=O)NC(C=C(N)C(C)(C)C)=Nc2ccc(CN3CCC(OC)CC3)cc2)CC12CCC(Oc1ccc3nnc(N4CCCCC4C)n3c1)c1ccccc12. The maximum Gasteiger partial charge on any atom is 0.232 e. The molecule has 4 unspecified atom stereocenters. The molecule has 4 heterocycles. The quantitative estimate of drug-likeness (QED) is 0.114. The third-order valence-corrected chi connectivity index (χ3v) is 13.9. The predicted octanol–water partition coefficient (Wildman–Crippen LogP) is 8.80. The van der Waals surface area contributed by atoms with E-state index in [1.807, 2.05) is 30.3 Å². The van der Waals surface area contributed by atoms with Gasteiger partial charge in [0.1, 0.15) is 17.7 Å². The van der Waals surface area contributed by atoms with Crippen molar-refractivity contribution in [1.82, 2.24) is 24.8 Å². The van der Waals surface area contributed by atoms with Gasteiger partial charge in [-0.15, -0.1) is 10.2 Å². The van der Waals surface area contributed by atoms with Gasteiger partial charge >= 0.3 is 0 Å². The number of hydrogen-bond donors (Lipinski definition) is 2. The third-order valence-electron chi connectivity index (χ3n) is 13.9. The zero-order valence-corrected chi connectivity index (χ0v) is 36.0. The van der Waals surface area contributed by atoms with Crippen molar-refractivity contribution in [2.24, 2.45) is 21.6 Å². The van der Waals surface area contributed by atoms with Gasteiger partial charge in [0.15, 0.2) is 5.65 Å². The maximum atomic E-state index is 14.2. The number of aliphatic imine (C=N–C) groups is 1. The summed E-state index contributed by atoms with van der Waals surface area (Å²) in [6.45, 7) is 14.7. The van der Waals surface area contributed by atoms with Gasteiger partial charge in [-0.2, -0.15) is 0 Å². The van der Waals surface area contributed by atoms with E-state index in [1.54, 1.807) is 7.11 Å². The van der Waals surface area contributed by atoms with Gasteiger partial charge in [0.05, 0.1) is 18.0 Å². The van der Waals surface area contributed by atoms with E-state index in [9.17, 15) is 4.79 Å². The third kappa shape index (κ3) is 8.51. The minimum Gasteiger partial charge on any atom is -0.484 e. The molecule has 8 rings (SSSR count). The highest BCUT2D eigenvalue weighted by molar-refractivity contribution is 6.06. The molecule has 2 aromatic carbocycles. The summed E-state index contributed by atoms with van der Waals surface area (Å²) in [7, 11) is 1.81. The van der Waals surface area contributed by atoms with E-state index < -0.39 is 0 Å². The Labute approximate surface area is 350 Å². The van der Waals surface area contributed by atoms with Crippen LogP contribution in [0.4, 0.5) is 11.6 Å². The van der Waals surface area contributed by atoms with Gasteiger partial charge in [-0.1, -0.05) is 64.1 Å². The fourth-order valence-electron chi connectivity index (χ4n) is 10.1. The first-order chi connectivity index (χ1) is 28.4. The summed E-state index contributed by atoms with van der Waals surface area (Å²) in [6, 6.07) is 21.5. The Hall–Kier alpha value is -4.74. The first-order valence-corrected chi connectivity index (χ1v) is 22.0. The molecule has 2 saturated heterocycles. The molecule has 1 amide bonds. The molecule has 3 fully saturated rings. The van der Waals surface area contributed by atoms with Crippen molar-refractivity contribution in [2.45, 2.75) is 129 Å². The standard InChI is InChI=1S/C48H64N8O3/c1-7-47(29-44(57)51-42(28-41(49)46(3,4)5)50-35-17-15-34(16-18-35)30-54-26-22-36(58-6)23-27-54)32-48(47)24-21-40(38-13-8-9-14-39(38)48)59-37-19-20-43-52-53-45(56(43)31-37)55-25-11-10-12-33(55)2/h8-9,13-20,28,31,33,36,40H,7,10-12,21-27,29-30,32,49H2,1-6H3,(H,50,51,57). The molecule has 11 nitrogen and oxygen atoms in total. The highest BCUT2D eigenvalue weighted by Gasteiger charge is 2.68. The minimum atomic E-state index is -0.281. The number of aromatic nitrogens is 3. The van der Waals surface area contributed by atoms with Crippen LogP contribution >= 0.6 is 0 Å². The van der Waals surface area contributed by atoms with Crippen LogP contribution in [0.15, 0.2) is 83.6 Å². The molecule has 59 heavy (non-hydrogen) atoms. The van der Waals surface area contributed by atoms with Gasteiger partial charge in [-0.25, -0.2) is 4.99 Å². The fourth-order valence-corrected chi connectivity index (χ4v) is 10.1.